The first-order valence-corrected chi connectivity index (χ1v) is 6.28. The highest BCUT2D eigenvalue weighted by molar-refractivity contribution is 7.80. The molecule has 0 spiro atoms. The van der Waals surface area contributed by atoms with Gasteiger partial charge >= 0.3 is 0 Å². The van der Waals surface area contributed by atoms with Gasteiger partial charge in [-0.25, -0.2) is 0 Å². The molecule has 2 N–H and O–H groups in total. The van der Waals surface area contributed by atoms with E-state index in [4.69, 9.17) is 18.0 Å². The number of benzene rings is 1. The summed E-state index contributed by atoms with van der Waals surface area (Å²) >= 11 is 5.02. The quantitative estimate of drug-likeness (QED) is 0.842. The highest BCUT2D eigenvalue weighted by Gasteiger charge is 2.43. The summed E-state index contributed by atoms with van der Waals surface area (Å²) in [5, 5.41) is 5.65. The molecule has 0 unspecified atom stereocenters. The smallest absolute Gasteiger partial charge is 0.0733 e. The van der Waals surface area contributed by atoms with E-state index in [0.717, 1.165) is 13.0 Å². The molecule has 1 fully saturated rings. The van der Waals surface area contributed by atoms with E-state index in [1.165, 1.54) is 23.7 Å². The van der Waals surface area contributed by atoms with Crippen molar-refractivity contribution in [2.24, 2.45) is 11.1 Å². The highest BCUT2D eigenvalue weighted by Crippen LogP contribution is 2.50. The number of rotatable bonds is 4. The van der Waals surface area contributed by atoms with E-state index in [2.05, 4.69) is 21.9 Å². The normalized spacial score (nSPS) is 17.2. The van der Waals surface area contributed by atoms with E-state index in [1.54, 1.807) is 0 Å². The van der Waals surface area contributed by atoms with Gasteiger partial charge in [-0.15, -0.1) is 0 Å². The van der Waals surface area contributed by atoms with Gasteiger partial charge in [-0.1, -0.05) is 30.4 Å². The summed E-state index contributed by atoms with van der Waals surface area (Å²) in [5.74, 6) is 0. The Hall–Kier alpha value is -1.42. The van der Waals surface area contributed by atoms with Crippen molar-refractivity contribution in [2.75, 3.05) is 0 Å². The summed E-state index contributed by atoms with van der Waals surface area (Å²) in [6.07, 6.45) is 5.18. The Bertz CT molecular complexity index is 569. The van der Waals surface area contributed by atoms with Crippen LogP contribution in [0.5, 0.6) is 0 Å². The first kappa shape index (κ1) is 10.7. The van der Waals surface area contributed by atoms with Crippen LogP contribution in [0.15, 0.2) is 30.5 Å². The summed E-state index contributed by atoms with van der Waals surface area (Å²) < 4.78 is 2.08. The lowest BCUT2D eigenvalue weighted by atomic mass is 10.0. The lowest BCUT2D eigenvalue weighted by Crippen LogP contribution is -2.20. The second-order valence-corrected chi connectivity index (χ2v) is 5.53. The molecule has 88 valence electrons. The van der Waals surface area contributed by atoms with Gasteiger partial charge in [0, 0.05) is 18.4 Å². The van der Waals surface area contributed by atoms with Crippen molar-refractivity contribution in [1.29, 1.82) is 0 Å². The van der Waals surface area contributed by atoms with Crippen LogP contribution >= 0.6 is 12.2 Å². The molecule has 0 radical (unpaired) electrons. The van der Waals surface area contributed by atoms with Crippen molar-refractivity contribution >= 4 is 28.1 Å². The minimum absolute atomic E-state index is 0.278. The van der Waals surface area contributed by atoms with Gasteiger partial charge in [-0.05, 0) is 24.3 Å². The predicted octanol–water partition coefficient (Wildman–Crippen LogP) is 2.49. The first-order valence-electron chi connectivity index (χ1n) is 5.87. The van der Waals surface area contributed by atoms with Crippen LogP contribution in [0.25, 0.3) is 10.9 Å². The molecule has 1 aliphatic rings. The molecule has 3 nitrogen and oxygen atoms in total. The van der Waals surface area contributed by atoms with Crippen molar-refractivity contribution < 1.29 is 0 Å². The van der Waals surface area contributed by atoms with Crippen molar-refractivity contribution in [3.8, 4) is 0 Å². The summed E-state index contributed by atoms with van der Waals surface area (Å²) in [6.45, 7) is 0.928. The van der Waals surface area contributed by atoms with E-state index in [0.29, 0.717) is 4.99 Å². The van der Waals surface area contributed by atoms with Crippen molar-refractivity contribution in [1.82, 2.24) is 9.78 Å². The van der Waals surface area contributed by atoms with Crippen LogP contribution in [0.4, 0.5) is 0 Å². The fourth-order valence-electron chi connectivity index (χ4n) is 2.41. The maximum Gasteiger partial charge on any atom is 0.0733 e. The van der Waals surface area contributed by atoms with Crippen LogP contribution in [0, 0.1) is 5.41 Å². The molecule has 1 heterocycles. The molecule has 0 aliphatic heterocycles. The second kappa shape index (κ2) is 3.81. The van der Waals surface area contributed by atoms with Gasteiger partial charge in [0.05, 0.1) is 16.7 Å². The van der Waals surface area contributed by atoms with Gasteiger partial charge in [0.25, 0.3) is 0 Å². The lowest BCUT2D eigenvalue weighted by Gasteiger charge is -2.14. The number of fused-ring (bicyclic) bond motifs is 1. The highest BCUT2D eigenvalue weighted by atomic mass is 32.1. The third-order valence-corrected chi connectivity index (χ3v) is 3.69. The van der Waals surface area contributed by atoms with Crippen LogP contribution in [0.2, 0.25) is 0 Å². The minimum atomic E-state index is 0.278. The molecule has 0 atom stereocenters. The second-order valence-electron chi connectivity index (χ2n) is 5.00. The standard InChI is InChI=1S/C13H15N3S/c14-12(17)7-13(5-6-13)9-16-11-4-2-1-3-10(11)8-15-16/h1-4,8H,5-7,9H2,(H2,14,17). The summed E-state index contributed by atoms with van der Waals surface area (Å²) in [7, 11) is 0. The maximum absolute atomic E-state index is 5.66. The zero-order valence-electron chi connectivity index (χ0n) is 9.60. The van der Waals surface area contributed by atoms with Gasteiger partial charge in [0.2, 0.25) is 0 Å². The number of nitrogens with two attached hydrogens (primary N) is 1. The molecule has 1 saturated carbocycles. The zero-order chi connectivity index (χ0) is 11.9. The molecular formula is C13H15N3S. The molecule has 4 heteroatoms. The monoisotopic (exact) mass is 245 g/mol. The average Bonchev–Trinajstić information content (AvgIpc) is 2.91. The Morgan fingerprint density at radius 2 is 2.18 bits per heavy atom. The summed E-state index contributed by atoms with van der Waals surface area (Å²) in [6, 6.07) is 8.29. The van der Waals surface area contributed by atoms with E-state index >= 15 is 0 Å². The molecule has 3 rings (SSSR count). The first-order chi connectivity index (χ1) is 8.19. The van der Waals surface area contributed by atoms with Gasteiger partial charge in [0.1, 0.15) is 0 Å². The molecule has 1 aromatic carbocycles. The molecular weight excluding hydrogens is 230 g/mol. The van der Waals surface area contributed by atoms with Crippen LogP contribution in [0.1, 0.15) is 19.3 Å². The predicted molar refractivity (Wildman–Crippen MR) is 72.8 cm³/mol. The molecule has 0 amide bonds. The number of nitrogens with zero attached hydrogens (tertiary/aromatic N) is 2. The van der Waals surface area contributed by atoms with E-state index < -0.39 is 0 Å². The number of para-hydroxylation sites is 1. The fourth-order valence-corrected chi connectivity index (χ4v) is 2.71. The van der Waals surface area contributed by atoms with Gasteiger partial charge < -0.3 is 5.73 Å². The Morgan fingerprint density at radius 1 is 1.41 bits per heavy atom. The fraction of sp³-hybridized carbons (Fsp3) is 0.385. The largest absolute Gasteiger partial charge is 0.393 e. The number of hydrogen-bond acceptors (Lipinski definition) is 2. The summed E-state index contributed by atoms with van der Waals surface area (Å²) in [4.78, 5) is 0.624. The van der Waals surface area contributed by atoms with E-state index in [1.807, 2.05) is 18.3 Å². The minimum Gasteiger partial charge on any atom is -0.393 e. The molecule has 1 aromatic heterocycles. The molecule has 0 saturated heterocycles. The lowest BCUT2D eigenvalue weighted by molar-refractivity contribution is 0.419. The Balaban J connectivity index is 1.88. The Kier molecular flexibility index (Phi) is 2.40. The number of hydrogen-bond donors (Lipinski definition) is 1. The summed E-state index contributed by atoms with van der Waals surface area (Å²) in [5.41, 5.74) is 7.14. The van der Waals surface area contributed by atoms with Gasteiger partial charge in [-0.3, -0.25) is 4.68 Å². The molecule has 2 aromatic rings. The third kappa shape index (κ3) is 2.05. The topological polar surface area (TPSA) is 43.8 Å². The molecule has 1 aliphatic carbocycles. The van der Waals surface area contributed by atoms with Crippen LogP contribution < -0.4 is 5.73 Å². The molecule has 0 bridgehead atoms. The van der Waals surface area contributed by atoms with Crippen molar-refractivity contribution in [2.45, 2.75) is 25.8 Å². The Labute approximate surface area is 106 Å². The molecule has 17 heavy (non-hydrogen) atoms. The number of aromatic nitrogens is 2. The Morgan fingerprint density at radius 3 is 2.88 bits per heavy atom. The van der Waals surface area contributed by atoms with E-state index in [-0.39, 0.29) is 5.41 Å². The van der Waals surface area contributed by atoms with Crippen molar-refractivity contribution in [3.63, 3.8) is 0 Å². The van der Waals surface area contributed by atoms with E-state index in [9.17, 15) is 0 Å². The van der Waals surface area contributed by atoms with Crippen LogP contribution in [-0.4, -0.2) is 14.8 Å². The van der Waals surface area contributed by atoms with Gasteiger partial charge in [0.15, 0.2) is 0 Å². The van der Waals surface area contributed by atoms with Gasteiger partial charge in [-0.2, -0.15) is 5.10 Å². The van der Waals surface area contributed by atoms with Crippen molar-refractivity contribution in [3.05, 3.63) is 30.5 Å². The third-order valence-electron chi connectivity index (χ3n) is 3.54. The SMILES string of the molecule is NC(=S)CC1(Cn2ncc3ccccc32)CC1. The average molecular weight is 245 g/mol. The van der Waals surface area contributed by atoms with Crippen LogP contribution in [-0.2, 0) is 6.54 Å². The maximum atomic E-state index is 5.66. The zero-order valence-corrected chi connectivity index (χ0v) is 10.4. The van der Waals surface area contributed by atoms with Crippen LogP contribution in [0.3, 0.4) is 0 Å². The number of thiocarbonyl (C=S) groups is 1.